The number of alkyl halides is 1. The Labute approximate surface area is 167 Å². The van der Waals surface area contributed by atoms with Gasteiger partial charge in [-0.2, -0.15) is 0 Å². The lowest BCUT2D eigenvalue weighted by molar-refractivity contribution is 0.0714. The molecule has 2 rings (SSSR count). The smallest absolute Gasteiger partial charge is 0.374 e. The molecule has 0 N–H and O–H groups in total. The molecule has 0 fully saturated rings. The molecule has 0 aliphatic carbocycles. The highest BCUT2D eigenvalue weighted by Gasteiger charge is 2.39. The van der Waals surface area contributed by atoms with Gasteiger partial charge in [-0.3, -0.25) is 0 Å². The summed E-state index contributed by atoms with van der Waals surface area (Å²) in [5.74, 6) is 0. The van der Waals surface area contributed by atoms with E-state index >= 15 is 0 Å². The summed E-state index contributed by atoms with van der Waals surface area (Å²) in [4.78, 5) is 0. The van der Waals surface area contributed by atoms with Gasteiger partial charge in [-0.05, 0) is 49.4 Å². The Balaban J connectivity index is 2.04. The molecule has 0 unspecified atom stereocenters. The van der Waals surface area contributed by atoms with Crippen molar-refractivity contribution < 1.29 is 13.3 Å². The Morgan fingerprint density at radius 1 is 0.692 bits per heavy atom. The first kappa shape index (κ1) is 21.3. The summed E-state index contributed by atoms with van der Waals surface area (Å²) in [7, 11) is -2.57. The molecule has 0 amide bonds. The van der Waals surface area contributed by atoms with E-state index in [2.05, 4.69) is 64.5 Å². The second kappa shape index (κ2) is 11.0. The van der Waals surface area contributed by atoms with Crippen molar-refractivity contribution in [2.45, 2.75) is 38.6 Å². The molecule has 0 spiro atoms. The van der Waals surface area contributed by atoms with E-state index in [4.69, 9.17) is 13.3 Å². The predicted molar refractivity (Wildman–Crippen MR) is 114 cm³/mol. The fourth-order valence-electron chi connectivity index (χ4n) is 2.95. The van der Waals surface area contributed by atoms with Gasteiger partial charge in [0, 0.05) is 31.2 Å². The largest absolute Gasteiger partial charge is 0.501 e. The van der Waals surface area contributed by atoms with Crippen molar-refractivity contribution in [3.05, 3.63) is 59.7 Å². The fourth-order valence-corrected chi connectivity index (χ4v) is 5.92. The highest BCUT2D eigenvalue weighted by molar-refractivity contribution is 9.08. The van der Waals surface area contributed by atoms with Gasteiger partial charge in [0.2, 0.25) is 0 Å². The van der Waals surface area contributed by atoms with Crippen LogP contribution in [-0.4, -0.2) is 28.6 Å². The van der Waals surface area contributed by atoms with Gasteiger partial charge in [0.05, 0.1) is 0 Å². The summed E-state index contributed by atoms with van der Waals surface area (Å²) in [6.07, 6.45) is 0.898. The Morgan fingerprint density at radius 2 is 1.12 bits per heavy atom. The quantitative estimate of drug-likeness (QED) is 0.327. The van der Waals surface area contributed by atoms with Crippen molar-refractivity contribution in [1.29, 1.82) is 0 Å². The van der Waals surface area contributed by atoms with Gasteiger partial charge >= 0.3 is 8.80 Å². The zero-order chi connectivity index (χ0) is 18.8. The molecule has 26 heavy (non-hydrogen) atoms. The minimum absolute atomic E-state index is 0.621. The molecule has 0 heterocycles. The Bertz CT molecular complexity index is 626. The summed E-state index contributed by atoms with van der Waals surface area (Å²) < 4.78 is 17.8. The number of halogens is 1. The van der Waals surface area contributed by atoms with Crippen LogP contribution < -0.4 is 0 Å². The van der Waals surface area contributed by atoms with Crippen LogP contribution in [0.1, 0.15) is 31.9 Å². The molecule has 0 aliphatic rings. The van der Waals surface area contributed by atoms with Crippen molar-refractivity contribution >= 4 is 24.7 Å². The molecular weight excluding hydrogens is 408 g/mol. The number of hydrogen-bond acceptors (Lipinski definition) is 3. The molecule has 0 aromatic heterocycles. The van der Waals surface area contributed by atoms with Gasteiger partial charge < -0.3 is 13.3 Å². The van der Waals surface area contributed by atoms with E-state index in [1.54, 1.807) is 0 Å². The molecule has 0 radical (unpaired) electrons. The highest BCUT2D eigenvalue weighted by atomic mass is 79.9. The van der Waals surface area contributed by atoms with E-state index in [-0.39, 0.29) is 0 Å². The average Bonchev–Trinajstić information content (AvgIpc) is 2.68. The van der Waals surface area contributed by atoms with Crippen LogP contribution in [0.15, 0.2) is 48.5 Å². The van der Waals surface area contributed by atoms with Crippen LogP contribution in [0.25, 0.3) is 11.1 Å². The third kappa shape index (κ3) is 6.03. The lowest BCUT2D eigenvalue weighted by Crippen LogP contribution is -2.46. The van der Waals surface area contributed by atoms with E-state index in [1.165, 1.54) is 22.3 Å². The summed E-state index contributed by atoms with van der Waals surface area (Å²) in [5.41, 5.74) is 5.04. The standard InChI is InChI=1S/C21H29BrO3Si/c1-4-23-26(24-5-2,25-6-3)16-15-18-7-11-20(12-8-18)21-13-9-19(17-22)10-14-21/h7-14H,4-6,15-17H2,1-3H3. The lowest BCUT2D eigenvalue weighted by atomic mass is 10.0. The molecule has 5 heteroatoms. The Morgan fingerprint density at radius 3 is 1.50 bits per heavy atom. The van der Waals surface area contributed by atoms with Crippen molar-refractivity contribution in [2.75, 3.05) is 19.8 Å². The fraction of sp³-hybridized carbons (Fsp3) is 0.429. The first-order chi connectivity index (χ1) is 12.7. The van der Waals surface area contributed by atoms with Gasteiger partial charge in [-0.15, -0.1) is 0 Å². The summed E-state index contributed by atoms with van der Waals surface area (Å²) in [5, 5.41) is 0.886. The number of hydrogen-bond donors (Lipinski definition) is 0. The third-order valence-electron chi connectivity index (χ3n) is 4.21. The molecule has 3 nitrogen and oxygen atoms in total. The zero-order valence-electron chi connectivity index (χ0n) is 16.0. The molecule has 0 bridgehead atoms. The maximum absolute atomic E-state index is 5.94. The second-order valence-corrected chi connectivity index (χ2v) is 9.30. The van der Waals surface area contributed by atoms with E-state index in [0.29, 0.717) is 19.8 Å². The van der Waals surface area contributed by atoms with Crippen molar-refractivity contribution in [3.63, 3.8) is 0 Å². The number of aryl methyl sites for hydroxylation is 1. The van der Waals surface area contributed by atoms with E-state index < -0.39 is 8.80 Å². The summed E-state index contributed by atoms with van der Waals surface area (Å²) in [6, 6.07) is 18.2. The zero-order valence-corrected chi connectivity index (χ0v) is 18.6. The van der Waals surface area contributed by atoms with Gasteiger partial charge in [0.15, 0.2) is 0 Å². The molecule has 0 saturated carbocycles. The second-order valence-electron chi connectivity index (χ2n) is 6.01. The molecule has 0 saturated heterocycles. The molecule has 0 aliphatic heterocycles. The SMILES string of the molecule is CCO[Si](CCc1ccc(-c2ccc(CBr)cc2)cc1)(OCC)OCC. The molecule has 2 aromatic rings. The maximum atomic E-state index is 5.94. The van der Waals surface area contributed by atoms with Crippen LogP contribution in [0.3, 0.4) is 0 Å². The normalized spacial score (nSPS) is 11.7. The van der Waals surface area contributed by atoms with Crippen LogP contribution in [0.5, 0.6) is 0 Å². The average molecular weight is 437 g/mol. The van der Waals surface area contributed by atoms with Gasteiger partial charge in [-0.25, -0.2) is 0 Å². The predicted octanol–water partition coefficient (Wildman–Crippen LogP) is 5.84. The lowest BCUT2D eigenvalue weighted by Gasteiger charge is -2.28. The van der Waals surface area contributed by atoms with Gasteiger partial charge in [0.25, 0.3) is 0 Å². The van der Waals surface area contributed by atoms with Crippen LogP contribution >= 0.6 is 15.9 Å². The maximum Gasteiger partial charge on any atom is 0.501 e. The van der Waals surface area contributed by atoms with Gasteiger partial charge in [0.1, 0.15) is 0 Å². The molecule has 142 valence electrons. The third-order valence-corrected chi connectivity index (χ3v) is 7.90. The minimum Gasteiger partial charge on any atom is -0.374 e. The van der Waals surface area contributed by atoms with Crippen molar-refractivity contribution in [1.82, 2.24) is 0 Å². The first-order valence-electron chi connectivity index (χ1n) is 9.32. The van der Waals surface area contributed by atoms with Crippen LogP contribution in [0.2, 0.25) is 6.04 Å². The topological polar surface area (TPSA) is 27.7 Å². The van der Waals surface area contributed by atoms with Crippen LogP contribution in [0, 0.1) is 0 Å². The highest BCUT2D eigenvalue weighted by Crippen LogP contribution is 2.23. The van der Waals surface area contributed by atoms with Crippen LogP contribution in [0.4, 0.5) is 0 Å². The summed E-state index contributed by atoms with van der Waals surface area (Å²) >= 11 is 3.49. The van der Waals surface area contributed by atoms with E-state index in [9.17, 15) is 0 Å². The summed E-state index contributed by atoms with van der Waals surface area (Å²) in [6.45, 7) is 7.85. The molecular formula is C21H29BrO3Si. The Hall–Kier alpha value is -0.983. The monoisotopic (exact) mass is 436 g/mol. The minimum atomic E-state index is -2.57. The molecule has 0 atom stereocenters. The van der Waals surface area contributed by atoms with Crippen molar-refractivity contribution in [2.24, 2.45) is 0 Å². The number of benzene rings is 2. The molecule has 2 aromatic carbocycles. The van der Waals surface area contributed by atoms with E-state index in [1.807, 2.05) is 20.8 Å². The van der Waals surface area contributed by atoms with Gasteiger partial charge in [-0.1, -0.05) is 64.5 Å². The van der Waals surface area contributed by atoms with Crippen LogP contribution in [-0.2, 0) is 25.0 Å². The van der Waals surface area contributed by atoms with E-state index in [0.717, 1.165) is 17.8 Å². The first-order valence-corrected chi connectivity index (χ1v) is 12.4. The Kier molecular flexibility index (Phi) is 9.02. The number of rotatable bonds is 11. The van der Waals surface area contributed by atoms with Crippen molar-refractivity contribution in [3.8, 4) is 11.1 Å².